The molecule has 4 nitrogen and oxygen atoms in total. The molecule has 0 saturated carbocycles. The van der Waals surface area contributed by atoms with Crippen LogP contribution in [0.25, 0.3) is 11.1 Å². The van der Waals surface area contributed by atoms with Gasteiger partial charge in [0.25, 0.3) is 0 Å². The van der Waals surface area contributed by atoms with Gasteiger partial charge in [-0.05, 0) is 48.9 Å². The van der Waals surface area contributed by atoms with Gasteiger partial charge < -0.3 is 0 Å². The van der Waals surface area contributed by atoms with Gasteiger partial charge in [0.05, 0.1) is 0 Å². The first-order valence-corrected chi connectivity index (χ1v) is 7.43. The predicted molar refractivity (Wildman–Crippen MR) is 96.4 cm³/mol. The van der Waals surface area contributed by atoms with Crippen LogP contribution in [0.5, 0.6) is 0 Å². The van der Waals surface area contributed by atoms with Crippen LogP contribution in [0.2, 0.25) is 0 Å². The molecule has 0 radical (unpaired) electrons. The maximum atomic E-state index is 13.0. The number of benzene rings is 2. The smallest absolute Gasteiger partial charge is 0.123 e. The van der Waals surface area contributed by atoms with Crippen molar-refractivity contribution < 1.29 is 9.02 Å². The Balaban J connectivity index is 0.00000208. The van der Waals surface area contributed by atoms with Crippen molar-refractivity contribution in [2.45, 2.75) is 20.0 Å². The van der Waals surface area contributed by atoms with Crippen molar-refractivity contribution in [3.8, 4) is 11.1 Å². The van der Waals surface area contributed by atoms with E-state index < -0.39 is 0 Å². The fourth-order valence-corrected chi connectivity index (χ4v) is 2.51. The van der Waals surface area contributed by atoms with E-state index >= 15 is 0 Å². The summed E-state index contributed by atoms with van der Waals surface area (Å²) in [6.45, 7) is 3.34. The summed E-state index contributed by atoms with van der Waals surface area (Å²) < 4.78 is 17.8. The van der Waals surface area contributed by atoms with E-state index in [9.17, 15) is 4.39 Å². The zero-order valence-electron chi connectivity index (χ0n) is 13.6. The van der Waals surface area contributed by atoms with Crippen LogP contribution in [0.4, 0.5) is 4.39 Å². The second-order valence-corrected chi connectivity index (χ2v) is 5.68. The number of hydrogen-bond donors (Lipinski definition) is 0. The van der Waals surface area contributed by atoms with Crippen LogP contribution in [0, 0.1) is 12.7 Å². The van der Waals surface area contributed by atoms with E-state index in [1.165, 1.54) is 17.7 Å². The molecule has 126 valence electrons. The summed E-state index contributed by atoms with van der Waals surface area (Å²) in [6, 6.07) is 14.8. The summed E-state index contributed by atoms with van der Waals surface area (Å²) in [5.41, 5.74) is 4.94. The lowest BCUT2D eigenvalue weighted by atomic mass is 10.0. The van der Waals surface area contributed by atoms with Crippen LogP contribution in [-0.2, 0) is 13.1 Å². The molecule has 0 N–H and O–H groups in total. The molecule has 0 saturated heterocycles. The molecule has 0 bridgehead atoms. The maximum absolute atomic E-state index is 13.0. The SMILES string of the molecule is Br.Cc1nonc1CN(C)Cc1cccc(-c2ccc(F)cc2)c1. The molecule has 0 amide bonds. The fraction of sp³-hybridized carbons (Fsp3) is 0.222. The van der Waals surface area contributed by atoms with Gasteiger partial charge in [0, 0.05) is 13.1 Å². The van der Waals surface area contributed by atoms with Crippen molar-refractivity contribution in [2.24, 2.45) is 0 Å². The molecule has 24 heavy (non-hydrogen) atoms. The summed E-state index contributed by atoms with van der Waals surface area (Å²) in [7, 11) is 2.03. The molecule has 2 aromatic carbocycles. The Morgan fingerprint density at radius 3 is 2.42 bits per heavy atom. The van der Waals surface area contributed by atoms with E-state index in [2.05, 4.69) is 27.3 Å². The molecule has 0 aliphatic heterocycles. The van der Waals surface area contributed by atoms with Gasteiger partial charge >= 0.3 is 0 Å². The highest BCUT2D eigenvalue weighted by Crippen LogP contribution is 2.21. The Morgan fingerprint density at radius 1 is 1.00 bits per heavy atom. The highest BCUT2D eigenvalue weighted by atomic mass is 79.9. The average molecular weight is 392 g/mol. The first kappa shape index (κ1) is 18.3. The molecule has 0 aliphatic carbocycles. The number of rotatable bonds is 5. The average Bonchev–Trinajstić information content (AvgIpc) is 2.93. The molecule has 0 atom stereocenters. The molecular weight excluding hydrogens is 373 g/mol. The largest absolute Gasteiger partial charge is 0.296 e. The van der Waals surface area contributed by atoms with Crippen molar-refractivity contribution in [2.75, 3.05) is 7.05 Å². The van der Waals surface area contributed by atoms with E-state index in [1.807, 2.05) is 26.1 Å². The minimum Gasteiger partial charge on any atom is -0.296 e. The van der Waals surface area contributed by atoms with Gasteiger partial charge in [0.2, 0.25) is 0 Å². The number of aryl methyl sites for hydroxylation is 1. The number of nitrogens with zero attached hydrogens (tertiary/aromatic N) is 3. The standard InChI is InChI=1S/C18H18FN3O.BrH/c1-13-18(21-23-20-13)12-22(2)11-14-4-3-5-16(10-14)15-6-8-17(19)9-7-15;/h3-10H,11-12H2,1-2H3;1H. The summed E-state index contributed by atoms with van der Waals surface area (Å²) in [5, 5.41) is 7.70. The number of aromatic nitrogens is 2. The molecule has 1 heterocycles. The monoisotopic (exact) mass is 391 g/mol. The second kappa shape index (κ2) is 8.17. The highest BCUT2D eigenvalue weighted by Gasteiger charge is 2.09. The van der Waals surface area contributed by atoms with Gasteiger partial charge in [0.15, 0.2) is 0 Å². The molecule has 3 rings (SSSR count). The number of hydrogen-bond acceptors (Lipinski definition) is 4. The minimum atomic E-state index is -0.221. The quantitative estimate of drug-likeness (QED) is 0.646. The van der Waals surface area contributed by atoms with E-state index in [4.69, 9.17) is 4.63 Å². The van der Waals surface area contributed by atoms with Crippen LogP contribution in [0.15, 0.2) is 53.2 Å². The van der Waals surface area contributed by atoms with E-state index in [0.717, 1.165) is 29.1 Å². The van der Waals surface area contributed by atoms with Gasteiger partial charge in [-0.25, -0.2) is 9.02 Å². The van der Waals surface area contributed by atoms with Crippen molar-refractivity contribution in [3.05, 3.63) is 71.3 Å². The first-order chi connectivity index (χ1) is 11.1. The van der Waals surface area contributed by atoms with Crippen LogP contribution in [-0.4, -0.2) is 22.3 Å². The topological polar surface area (TPSA) is 42.2 Å². The summed E-state index contributed by atoms with van der Waals surface area (Å²) in [5.74, 6) is -0.221. The fourth-order valence-electron chi connectivity index (χ4n) is 2.51. The Kier molecular flexibility index (Phi) is 6.23. The van der Waals surface area contributed by atoms with E-state index in [-0.39, 0.29) is 22.8 Å². The maximum Gasteiger partial charge on any atom is 0.123 e. The van der Waals surface area contributed by atoms with Crippen LogP contribution in [0.3, 0.4) is 0 Å². The molecular formula is C18H19BrFN3O. The van der Waals surface area contributed by atoms with E-state index in [1.54, 1.807) is 12.1 Å². The summed E-state index contributed by atoms with van der Waals surface area (Å²) in [6.07, 6.45) is 0. The summed E-state index contributed by atoms with van der Waals surface area (Å²) >= 11 is 0. The zero-order valence-corrected chi connectivity index (χ0v) is 15.3. The molecule has 0 spiro atoms. The van der Waals surface area contributed by atoms with E-state index in [0.29, 0.717) is 6.54 Å². The van der Waals surface area contributed by atoms with Crippen LogP contribution >= 0.6 is 17.0 Å². The first-order valence-electron chi connectivity index (χ1n) is 7.43. The van der Waals surface area contributed by atoms with Crippen LogP contribution < -0.4 is 0 Å². The minimum absolute atomic E-state index is 0. The Labute approximate surface area is 151 Å². The lowest BCUT2D eigenvalue weighted by Crippen LogP contribution is -2.18. The predicted octanol–water partition coefficient (Wildman–Crippen LogP) is 4.39. The van der Waals surface area contributed by atoms with Crippen molar-refractivity contribution >= 4 is 17.0 Å². The van der Waals surface area contributed by atoms with Crippen molar-refractivity contribution in [3.63, 3.8) is 0 Å². The van der Waals surface area contributed by atoms with Crippen molar-refractivity contribution in [1.29, 1.82) is 0 Å². The summed E-state index contributed by atoms with van der Waals surface area (Å²) in [4.78, 5) is 2.15. The third kappa shape index (κ3) is 4.49. The Hall–Kier alpha value is -2.05. The number of halogens is 2. The molecule has 0 unspecified atom stereocenters. The molecule has 1 aromatic heterocycles. The third-order valence-electron chi connectivity index (χ3n) is 3.72. The molecule has 3 aromatic rings. The normalized spacial score (nSPS) is 10.7. The van der Waals surface area contributed by atoms with Gasteiger partial charge in [-0.2, -0.15) is 0 Å². The van der Waals surface area contributed by atoms with Gasteiger partial charge in [0.1, 0.15) is 17.2 Å². The van der Waals surface area contributed by atoms with Gasteiger partial charge in [-0.15, -0.1) is 17.0 Å². The Morgan fingerprint density at radius 2 is 1.75 bits per heavy atom. The lowest BCUT2D eigenvalue weighted by molar-refractivity contribution is 0.279. The van der Waals surface area contributed by atoms with Gasteiger partial charge in [-0.3, -0.25) is 4.90 Å². The van der Waals surface area contributed by atoms with Crippen LogP contribution in [0.1, 0.15) is 17.0 Å². The molecule has 0 aliphatic rings. The second-order valence-electron chi connectivity index (χ2n) is 5.68. The van der Waals surface area contributed by atoms with Gasteiger partial charge in [-0.1, -0.05) is 40.6 Å². The lowest BCUT2D eigenvalue weighted by Gasteiger charge is -2.16. The molecule has 0 fully saturated rings. The highest BCUT2D eigenvalue weighted by molar-refractivity contribution is 8.93. The third-order valence-corrected chi connectivity index (χ3v) is 3.72. The van der Waals surface area contributed by atoms with Crippen molar-refractivity contribution in [1.82, 2.24) is 15.2 Å². The zero-order chi connectivity index (χ0) is 16.2. The molecule has 6 heteroatoms. The Bertz CT molecular complexity index is 789.